The van der Waals surface area contributed by atoms with Gasteiger partial charge in [0.25, 0.3) is 0 Å². The van der Waals surface area contributed by atoms with Gasteiger partial charge in [-0.2, -0.15) is 0 Å². The van der Waals surface area contributed by atoms with E-state index in [1.807, 2.05) is 0 Å². The molecule has 0 bridgehead atoms. The number of benzene rings is 1. The SMILES string of the molecule is O=C(O)c1nc(-c2cc(F)cc(Br)c2)nc2c1CCNC2. The molecule has 21 heavy (non-hydrogen) atoms. The number of carboxylic acid groups (broad SMARTS) is 1. The predicted molar refractivity (Wildman–Crippen MR) is 77.5 cm³/mol. The minimum atomic E-state index is -1.09. The topological polar surface area (TPSA) is 75.1 Å². The molecule has 0 atom stereocenters. The van der Waals surface area contributed by atoms with Crippen LogP contribution < -0.4 is 5.32 Å². The molecule has 1 aliphatic heterocycles. The van der Waals surface area contributed by atoms with E-state index in [0.29, 0.717) is 40.8 Å². The average Bonchev–Trinajstić information content (AvgIpc) is 2.45. The maximum atomic E-state index is 13.5. The predicted octanol–water partition coefficient (Wildman–Crippen LogP) is 2.39. The lowest BCUT2D eigenvalue weighted by Gasteiger charge is -2.18. The summed E-state index contributed by atoms with van der Waals surface area (Å²) in [6.45, 7) is 1.18. The van der Waals surface area contributed by atoms with Crippen molar-refractivity contribution in [3.63, 3.8) is 0 Å². The number of fused-ring (bicyclic) bond motifs is 1. The summed E-state index contributed by atoms with van der Waals surface area (Å²) < 4.78 is 14.0. The molecule has 0 fully saturated rings. The lowest BCUT2D eigenvalue weighted by molar-refractivity contribution is 0.0688. The number of nitrogens with one attached hydrogen (secondary N) is 1. The second kappa shape index (κ2) is 5.50. The lowest BCUT2D eigenvalue weighted by Crippen LogP contribution is -2.27. The van der Waals surface area contributed by atoms with Crippen LogP contribution in [0.3, 0.4) is 0 Å². The van der Waals surface area contributed by atoms with Gasteiger partial charge in [0.2, 0.25) is 0 Å². The van der Waals surface area contributed by atoms with Gasteiger partial charge in [0.15, 0.2) is 11.5 Å². The molecule has 2 N–H and O–H groups in total. The van der Waals surface area contributed by atoms with Crippen molar-refractivity contribution in [3.8, 4) is 11.4 Å². The van der Waals surface area contributed by atoms with E-state index in [0.717, 1.165) is 0 Å². The molecular formula is C14H11BrFN3O2. The number of aromatic nitrogens is 2. The second-order valence-electron chi connectivity index (χ2n) is 4.71. The Balaban J connectivity index is 2.19. The van der Waals surface area contributed by atoms with Gasteiger partial charge < -0.3 is 10.4 Å². The van der Waals surface area contributed by atoms with Crippen molar-refractivity contribution in [2.45, 2.75) is 13.0 Å². The fourth-order valence-electron chi connectivity index (χ4n) is 2.35. The van der Waals surface area contributed by atoms with E-state index in [4.69, 9.17) is 0 Å². The van der Waals surface area contributed by atoms with Gasteiger partial charge in [0.05, 0.1) is 5.69 Å². The van der Waals surface area contributed by atoms with Crippen molar-refractivity contribution in [1.29, 1.82) is 0 Å². The van der Waals surface area contributed by atoms with Gasteiger partial charge in [0.1, 0.15) is 5.82 Å². The van der Waals surface area contributed by atoms with E-state index in [1.54, 1.807) is 6.07 Å². The van der Waals surface area contributed by atoms with Crippen molar-refractivity contribution in [2.75, 3.05) is 6.54 Å². The Morgan fingerprint density at radius 1 is 1.33 bits per heavy atom. The summed E-state index contributed by atoms with van der Waals surface area (Å²) in [7, 11) is 0. The van der Waals surface area contributed by atoms with Crippen LogP contribution in [0.25, 0.3) is 11.4 Å². The van der Waals surface area contributed by atoms with E-state index in [2.05, 4.69) is 31.2 Å². The molecule has 0 radical (unpaired) electrons. The molecular weight excluding hydrogens is 341 g/mol. The van der Waals surface area contributed by atoms with Gasteiger partial charge in [-0.15, -0.1) is 0 Å². The van der Waals surface area contributed by atoms with E-state index in [-0.39, 0.29) is 11.5 Å². The Kier molecular flexibility index (Phi) is 3.69. The first-order chi connectivity index (χ1) is 10.0. The van der Waals surface area contributed by atoms with Crippen LogP contribution in [-0.4, -0.2) is 27.6 Å². The summed E-state index contributed by atoms with van der Waals surface area (Å²) in [6, 6.07) is 4.27. The molecule has 7 heteroatoms. The molecule has 1 aliphatic rings. The maximum Gasteiger partial charge on any atom is 0.354 e. The summed E-state index contributed by atoms with van der Waals surface area (Å²) in [5, 5.41) is 12.5. The number of aromatic carboxylic acids is 1. The molecule has 0 saturated carbocycles. The van der Waals surface area contributed by atoms with Crippen molar-refractivity contribution in [1.82, 2.24) is 15.3 Å². The molecule has 0 saturated heterocycles. The molecule has 2 heterocycles. The van der Waals surface area contributed by atoms with Crippen LogP contribution in [0.1, 0.15) is 21.7 Å². The molecule has 0 unspecified atom stereocenters. The molecule has 1 aromatic heterocycles. The van der Waals surface area contributed by atoms with Gasteiger partial charge >= 0.3 is 5.97 Å². The Hall–Kier alpha value is -1.86. The standard InChI is InChI=1S/C14H11BrFN3O2/c15-8-3-7(4-9(16)5-8)13-18-11-6-17-2-1-10(11)12(19-13)14(20)21/h3-5,17H,1-2,6H2,(H,20,21). The van der Waals surface area contributed by atoms with E-state index >= 15 is 0 Å². The Labute approximate surface area is 128 Å². The van der Waals surface area contributed by atoms with Crippen molar-refractivity contribution in [3.05, 3.63) is 45.4 Å². The normalized spacial score (nSPS) is 13.8. The van der Waals surface area contributed by atoms with Crippen molar-refractivity contribution < 1.29 is 14.3 Å². The van der Waals surface area contributed by atoms with E-state index in [9.17, 15) is 14.3 Å². The zero-order valence-electron chi connectivity index (χ0n) is 10.9. The van der Waals surface area contributed by atoms with Crippen molar-refractivity contribution in [2.24, 2.45) is 0 Å². The fraction of sp³-hybridized carbons (Fsp3) is 0.214. The highest BCUT2D eigenvalue weighted by molar-refractivity contribution is 9.10. The van der Waals surface area contributed by atoms with Gasteiger partial charge in [0, 0.05) is 22.1 Å². The first-order valence-corrected chi connectivity index (χ1v) is 7.14. The van der Waals surface area contributed by atoms with Crippen LogP contribution in [0.5, 0.6) is 0 Å². The summed E-state index contributed by atoms with van der Waals surface area (Å²) in [4.78, 5) is 19.9. The molecule has 5 nitrogen and oxygen atoms in total. The number of hydrogen-bond donors (Lipinski definition) is 2. The third-order valence-electron chi connectivity index (χ3n) is 3.26. The highest BCUT2D eigenvalue weighted by atomic mass is 79.9. The van der Waals surface area contributed by atoms with Gasteiger partial charge in [-0.1, -0.05) is 15.9 Å². The number of carboxylic acids is 1. The third kappa shape index (κ3) is 2.79. The highest BCUT2D eigenvalue weighted by Crippen LogP contribution is 2.25. The molecule has 108 valence electrons. The number of rotatable bonds is 2. The van der Waals surface area contributed by atoms with Crippen molar-refractivity contribution >= 4 is 21.9 Å². The maximum absolute atomic E-state index is 13.5. The molecule has 3 rings (SSSR count). The number of halogens is 2. The summed E-state index contributed by atoms with van der Waals surface area (Å²) in [6.07, 6.45) is 0.574. The fourth-order valence-corrected chi connectivity index (χ4v) is 2.81. The van der Waals surface area contributed by atoms with Crippen LogP contribution in [0.2, 0.25) is 0 Å². The number of hydrogen-bond acceptors (Lipinski definition) is 4. The van der Waals surface area contributed by atoms with Gasteiger partial charge in [-0.3, -0.25) is 0 Å². The quantitative estimate of drug-likeness (QED) is 0.868. The molecule has 1 aromatic carbocycles. The first-order valence-electron chi connectivity index (χ1n) is 6.35. The second-order valence-corrected chi connectivity index (χ2v) is 5.63. The minimum Gasteiger partial charge on any atom is -0.476 e. The molecule has 0 amide bonds. The lowest BCUT2D eigenvalue weighted by atomic mass is 10.0. The minimum absolute atomic E-state index is 0.00289. The number of nitrogens with zero attached hydrogens (tertiary/aromatic N) is 2. The Bertz CT molecular complexity index is 716. The zero-order valence-corrected chi connectivity index (χ0v) is 12.4. The highest BCUT2D eigenvalue weighted by Gasteiger charge is 2.22. The summed E-state index contributed by atoms with van der Waals surface area (Å²) in [5.74, 6) is -1.31. The van der Waals surface area contributed by atoms with E-state index in [1.165, 1.54) is 12.1 Å². The molecule has 0 aliphatic carbocycles. The van der Waals surface area contributed by atoms with Crippen LogP contribution in [0.4, 0.5) is 4.39 Å². The number of carbonyl (C=O) groups is 1. The summed E-state index contributed by atoms with van der Waals surface area (Å²) in [5.41, 5.74) is 1.75. The Morgan fingerprint density at radius 2 is 2.14 bits per heavy atom. The molecule has 0 spiro atoms. The zero-order chi connectivity index (χ0) is 15.0. The van der Waals surface area contributed by atoms with Gasteiger partial charge in [-0.25, -0.2) is 19.2 Å². The Morgan fingerprint density at radius 3 is 2.86 bits per heavy atom. The van der Waals surface area contributed by atoms with Gasteiger partial charge in [-0.05, 0) is 31.2 Å². The van der Waals surface area contributed by atoms with E-state index < -0.39 is 11.8 Å². The first kappa shape index (κ1) is 14.1. The van der Waals surface area contributed by atoms with Crippen LogP contribution in [-0.2, 0) is 13.0 Å². The molecule has 2 aromatic rings. The van der Waals surface area contributed by atoms with Crippen LogP contribution >= 0.6 is 15.9 Å². The smallest absolute Gasteiger partial charge is 0.354 e. The monoisotopic (exact) mass is 351 g/mol. The average molecular weight is 352 g/mol. The van der Waals surface area contributed by atoms with Crippen LogP contribution in [0.15, 0.2) is 22.7 Å². The summed E-state index contributed by atoms with van der Waals surface area (Å²) >= 11 is 3.21. The largest absolute Gasteiger partial charge is 0.476 e. The third-order valence-corrected chi connectivity index (χ3v) is 3.72. The van der Waals surface area contributed by atoms with Crippen LogP contribution in [0, 0.1) is 5.82 Å².